The van der Waals surface area contributed by atoms with Gasteiger partial charge in [-0.25, -0.2) is 4.98 Å². The predicted octanol–water partition coefficient (Wildman–Crippen LogP) is 0.641. The standard InChI is InChI=1S/C11H18N4O2/c1-8-12-10(14-13-8)7-15(2)11(16)6-9-4-3-5-17-9/h9H,3-7H2,1-2H3,(H,12,13,14). The zero-order chi connectivity index (χ0) is 12.3. The van der Waals surface area contributed by atoms with Crippen LogP contribution in [0.1, 0.15) is 30.9 Å². The summed E-state index contributed by atoms with van der Waals surface area (Å²) in [5.74, 6) is 1.49. The molecule has 94 valence electrons. The number of ether oxygens (including phenoxy) is 1. The highest BCUT2D eigenvalue weighted by Crippen LogP contribution is 2.16. The third kappa shape index (κ3) is 3.26. The molecule has 1 aliphatic heterocycles. The maximum Gasteiger partial charge on any atom is 0.225 e. The Morgan fingerprint density at radius 2 is 2.47 bits per heavy atom. The van der Waals surface area contributed by atoms with Crippen LogP contribution in [0.2, 0.25) is 0 Å². The number of amides is 1. The number of nitrogens with one attached hydrogen (secondary N) is 1. The molecule has 1 unspecified atom stereocenters. The number of aromatic amines is 1. The third-order valence-corrected chi connectivity index (χ3v) is 2.87. The van der Waals surface area contributed by atoms with Crippen molar-refractivity contribution < 1.29 is 9.53 Å². The highest BCUT2D eigenvalue weighted by atomic mass is 16.5. The number of H-pyrrole nitrogens is 1. The van der Waals surface area contributed by atoms with Gasteiger partial charge in [-0.3, -0.25) is 9.89 Å². The second-order valence-corrected chi connectivity index (χ2v) is 4.43. The maximum atomic E-state index is 11.9. The Balaban J connectivity index is 1.82. The molecule has 0 saturated carbocycles. The number of aryl methyl sites for hydroxylation is 1. The van der Waals surface area contributed by atoms with Crippen molar-refractivity contribution in [3.8, 4) is 0 Å². The molecule has 1 N–H and O–H groups in total. The van der Waals surface area contributed by atoms with Crippen molar-refractivity contribution in [3.63, 3.8) is 0 Å². The minimum absolute atomic E-state index is 0.0827. The second kappa shape index (κ2) is 5.27. The normalized spacial score (nSPS) is 19.5. The van der Waals surface area contributed by atoms with Crippen LogP contribution in [0.3, 0.4) is 0 Å². The van der Waals surface area contributed by atoms with Gasteiger partial charge in [0.15, 0.2) is 5.82 Å². The molecule has 6 nitrogen and oxygen atoms in total. The minimum Gasteiger partial charge on any atom is -0.378 e. The highest BCUT2D eigenvalue weighted by molar-refractivity contribution is 5.76. The number of rotatable bonds is 4. The molecule has 1 aromatic rings. The van der Waals surface area contributed by atoms with E-state index in [0.29, 0.717) is 18.8 Å². The summed E-state index contributed by atoms with van der Waals surface area (Å²) in [6.07, 6.45) is 2.60. The number of carbonyl (C=O) groups is 1. The Morgan fingerprint density at radius 3 is 3.06 bits per heavy atom. The quantitative estimate of drug-likeness (QED) is 0.835. The molecular formula is C11H18N4O2. The Kier molecular flexibility index (Phi) is 3.73. The predicted molar refractivity (Wildman–Crippen MR) is 61.2 cm³/mol. The number of nitrogens with zero attached hydrogens (tertiary/aromatic N) is 3. The lowest BCUT2D eigenvalue weighted by atomic mass is 10.1. The first-order chi connectivity index (χ1) is 8.15. The third-order valence-electron chi connectivity index (χ3n) is 2.87. The van der Waals surface area contributed by atoms with Crippen molar-refractivity contribution in [2.75, 3.05) is 13.7 Å². The van der Waals surface area contributed by atoms with Gasteiger partial charge in [-0.2, -0.15) is 5.10 Å². The molecular weight excluding hydrogens is 220 g/mol. The second-order valence-electron chi connectivity index (χ2n) is 4.43. The molecule has 1 aliphatic rings. The number of carbonyl (C=O) groups excluding carboxylic acids is 1. The lowest BCUT2D eigenvalue weighted by molar-refractivity contribution is -0.132. The molecule has 0 radical (unpaired) electrons. The van der Waals surface area contributed by atoms with Crippen LogP contribution in [0.4, 0.5) is 0 Å². The first-order valence-electron chi connectivity index (χ1n) is 5.88. The zero-order valence-corrected chi connectivity index (χ0v) is 10.3. The van der Waals surface area contributed by atoms with Crippen LogP contribution in [0.25, 0.3) is 0 Å². The van der Waals surface area contributed by atoms with E-state index in [0.717, 1.165) is 25.3 Å². The van der Waals surface area contributed by atoms with Crippen LogP contribution in [-0.4, -0.2) is 45.7 Å². The van der Waals surface area contributed by atoms with Gasteiger partial charge in [0.05, 0.1) is 19.1 Å². The van der Waals surface area contributed by atoms with Gasteiger partial charge >= 0.3 is 0 Å². The molecule has 1 amide bonds. The van der Waals surface area contributed by atoms with Crippen molar-refractivity contribution in [1.29, 1.82) is 0 Å². The molecule has 17 heavy (non-hydrogen) atoms. The lowest BCUT2D eigenvalue weighted by Crippen LogP contribution is -2.29. The Morgan fingerprint density at radius 1 is 1.65 bits per heavy atom. The van der Waals surface area contributed by atoms with Gasteiger partial charge in [-0.15, -0.1) is 0 Å². The van der Waals surface area contributed by atoms with Gasteiger partial charge in [0, 0.05) is 13.7 Å². The molecule has 2 rings (SSSR count). The van der Waals surface area contributed by atoms with Gasteiger partial charge in [-0.05, 0) is 19.8 Å². The summed E-state index contributed by atoms with van der Waals surface area (Å²) in [6.45, 7) is 3.06. The summed E-state index contributed by atoms with van der Waals surface area (Å²) in [4.78, 5) is 17.7. The lowest BCUT2D eigenvalue weighted by Gasteiger charge is -2.17. The Labute approximate surface area is 100 Å². The van der Waals surface area contributed by atoms with Crippen LogP contribution in [0.15, 0.2) is 0 Å². The summed E-state index contributed by atoms with van der Waals surface area (Å²) in [5, 5.41) is 6.77. The van der Waals surface area contributed by atoms with E-state index >= 15 is 0 Å². The summed E-state index contributed by atoms with van der Waals surface area (Å²) in [7, 11) is 1.77. The monoisotopic (exact) mass is 238 g/mol. The molecule has 0 aliphatic carbocycles. The molecule has 1 atom stereocenters. The fourth-order valence-corrected chi connectivity index (χ4v) is 1.92. The van der Waals surface area contributed by atoms with Gasteiger partial charge in [-0.1, -0.05) is 0 Å². The summed E-state index contributed by atoms with van der Waals surface area (Å²) in [5.41, 5.74) is 0. The van der Waals surface area contributed by atoms with Crippen molar-refractivity contribution in [2.24, 2.45) is 0 Å². The van der Waals surface area contributed by atoms with E-state index in [1.54, 1.807) is 11.9 Å². The molecule has 1 fully saturated rings. The summed E-state index contributed by atoms with van der Waals surface area (Å²) >= 11 is 0. The maximum absolute atomic E-state index is 11.9. The highest BCUT2D eigenvalue weighted by Gasteiger charge is 2.21. The van der Waals surface area contributed by atoms with E-state index in [4.69, 9.17) is 4.74 Å². The molecule has 6 heteroatoms. The molecule has 1 saturated heterocycles. The average molecular weight is 238 g/mol. The fourth-order valence-electron chi connectivity index (χ4n) is 1.92. The van der Waals surface area contributed by atoms with Crippen LogP contribution >= 0.6 is 0 Å². The zero-order valence-electron chi connectivity index (χ0n) is 10.3. The largest absolute Gasteiger partial charge is 0.378 e. The van der Waals surface area contributed by atoms with Gasteiger partial charge in [0.1, 0.15) is 5.82 Å². The van der Waals surface area contributed by atoms with E-state index < -0.39 is 0 Å². The van der Waals surface area contributed by atoms with E-state index in [2.05, 4.69) is 15.2 Å². The Bertz CT molecular complexity index is 385. The van der Waals surface area contributed by atoms with Gasteiger partial charge in [0.25, 0.3) is 0 Å². The van der Waals surface area contributed by atoms with Gasteiger partial charge in [0.2, 0.25) is 5.91 Å². The van der Waals surface area contributed by atoms with Crippen molar-refractivity contribution >= 4 is 5.91 Å². The summed E-state index contributed by atoms with van der Waals surface area (Å²) < 4.78 is 5.44. The average Bonchev–Trinajstić information content (AvgIpc) is 2.90. The first-order valence-corrected chi connectivity index (χ1v) is 5.88. The molecule has 0 spiro atoms. The van der Waals surface area contributed by atoms with Gasteiger partial charge < -0.3 is 9.64 Å². The number of aromatic nitrogens is 3. The van der Waals surface area contributed by atoms with Crippen molar-refractivity contribution in [2.45, 2.75) is 38.8 Å². The van der Waals surface area contributed by atoms with Crippen LogP contribution in [0, 0.1) is 6.92 Å². The van der Waals surface area contributed by atoms with E-state index in [9.17, 15) is 4.79 Å². The minimum atomic E-state index is 0.0827. The first kappa shape index (κ1) is 12.0. The van der Waals surface area contributed by atoms with Crippen LogP contribution in [0.5, 0.6) is 0 Å². The molecule has 0 aromatic carbocycles. The topological polar surface area (TPSA) is 71.1 Å². The SMILES string of the molecule is Cc1nc(CN(C)C(=O)CC2CCCO2)n[nH]1. The summed E-state index contributed by atoms with van der Waals surface area (Å²) in [6, 6.07) is 0. The van der Waals surface area contributed by atoms with E-state index in [1.807, 2.05) is 6.92 Å². The van der Waals surface area contributed by atoms with Crippen LogP contribution < -0.4 is 0 Å². The van der Waals surface area contributed by atoms with Crippen molar-refractivity contribution in [1.82, 2.24) is 20.1 Å². The molecule has 1 aromatic heterocycles. The molecule has 0 bridgehead atoms. The number of hydrogen-bond donors (Lipinski definition) is 1. The fraction of sp³-hybridized carbons (Fsp3) is 0.727. The van der Waals surface area contributed by atoms with E-state index in [1.165, 1.54) is 0 Å². The smallest absolute Gasteiger partial charge is 0.225 e. The van der Waals surface area contributed by atoms with E-state index in [-0.39, 0.29) is 12.0 Å². The Hall–Kier alpha value is -1.43. The van der Waals surface area contributed by atoms with Crippen molar-refractivity contribution in [3.05, 3.63) is 11.6 Å². The molecule has 2 heterocycles. The van der Waals surface area contributed by atoms with Crippen LogP contribution in [-0.2, 0) is 16.1 Å². The number of hydrogen-bond acceptors (Lipinski definition) is 4.